The van der Waals surface area contributed by atoms with Gasteiger partial charge >= 0.3 is 5.97 Å². The van der Waals surface area contributed by atoms with E-state index < -0.39 is 5.97 Å². The molecule has 26 heavy (non-hydrogen) atoms. The van der Waals surface area contributed by atoms with Gasteiger partial charge in [0.1, 0.15) is 10.8 Å². The van der Waals surface area contributed by atoms with Crippen LogP contribution in [0.1, 0.15) is 23.2 Å². The van der Waals surface area contributed by atoms with Gasteiger partial charge in [-0.2, -0.15) is 0 Å². The molecule has 1 aromatic carbocycles. The number of carbonyl (C=O) groups excluding carboxylic acids is 1. The fraction of sp³-hybridized carbons (Fsp3) is 0.278. The minimum Gasteiger partial charge on any atom is -0.481 e. The Hall–Kier alpha value is -2.31. The molecule has 0 saturated carbocycles. The summed E-state index contributed by atoms with van der Waals surface area (Å²) in [5, 5.41) is 9.69. The van der Waals surface area contributed by atoms with E-state index in [0.717, 1.165) is 0 Å². The Balaban J connectivity index is 1.65. The van der Waals surface area contributed by atoms with E-state index in [-0.39, 0.29) is 22.7 Å². The van der Waals surface area contributed by atoms with Gasteiger partial charge in [0.25, 0.3) is 5.91 Å². The smallest absolute Gasteiger partial charge is 0.306 e. The van der Waals surface area contributed by atoms with E-state index in [0.29, 0.717) is 42.3 Å². The lowest BCUT2D eigenvalue weighted by Gasteiger charge is -2.30. The van der Waals surface area contributed by atoms with E-state index in [2.05, 4.69) is 4.98 Å². The maximum Gasteiger partial charge on any atom is 0.306 e. The Bertz CT molecular complexity index is 818. The molecule has 2 aromatic rings. The number of piperidine rings is 1. The molecule has 1 aliphatic rings. The second kappa shape index (κ2) is 7.93. The lowest BCUT2D eigenvalue weighted by Crippen LogP contribution is -2.40. The molecule has 1 saturated heterocycles. The molecule has 0 spiro atoms. The molecule has 0 radical (unpaired) electrons. The monoisotopic (exact) mass is 394 g/mol. The number of hydrogen-bond acceptors (Lipinski definition) is 4. The Morgan fingerprint density at radius 3 is 2.50 bits per heavy atom. The van der Waals surface area contributed by atoms with Crippen LogP contribution in [0.3, 0.4) is 0 Å². The van der Waals surface area contributed by atoms with E-state index >= 15 is 0 Å². The number of hydrogen-bond donors (Lipinski definition) is 1. The standard InChI is InChI=1S/C18H16Cl2N2O4/c19-13-2-1-3-14(16(13)20)26-15-5-4-12(10-21-15)17(23)22-8-6-11(7-9-22)18(24)25/h1-5,10-11H,6-9H2,(H,24,25). The van der Waals surface area contributed by atoms with Gasteiger partial charge in [0, 0.05) is 25.4 Å². The molecule has 8 heteroatoms. The number of aliphatic carboxylic acids is 1. The molecule has 1 amide bonds. The molecule has 3 rings (SSSR count). The highest BCUT2D eigenvalue weighted by molar-refractivity contribution is 6.42. The summed E-state index contributed by atoms with van der Waals surface area (Å²) in [6.07, 6.45) is 2.35. The molecule has 0 aliphatic carbocycles. The maximum atomic E-state index is 12.5. The van der Waals surface area contributed by atoms with E-state index in [4.69, 9.17) is 33.0 Å². The molecule has 1 fully saturated rings. The summed E-state index contributed by atoms with van der Waals surface area (Å²) in [6.45, 7) is 0.846. The third-order valence-electron chi connectivity index (χ3n) is 4.25. The molecule has 0 unspecified atom stereocenters. The number of amides is 1. The number of pyridine rings is 1. The number of rotatable bonds is 4. The SMILES string of the molecule is O=C(O)C1CCN(C(=O)c2ccc(Oc3cccc(Cl)c3Cl)nc2)CC1. The molecule has 1 aromatic heterocycles. The second-order valence-electron chi connectivity index (χ2n) is 5.94. The van der Waals surface area contributed by atoms with Crippen LogP contribution in [0.2, 0.25) is 10.0 Å². The second-order valence-corrected chi connectivity index (χ2v) is 6.73. The van der Waals surface area contributed by atoms with Crippen LogP contribution in [0.15, 0.2) is 36.5 Å². The molecular formula is C18H16Cl2N2O4. The van der Waals surface area contributed by atoms with Crippen molar-refractivity contribution in [2.24, 2.45) is 5.92 Å². The first-order valence-corrected chi connectivity index (χ1v) is 8.81. The number of carboxylic acid groups (broad SMARTS) is 1. The van der Waals surface area contributed by atoms with Crippen molar-refractivity contribution in [2.75, 3.05) is 13.1 Å². The van der Waals surface area contributed by atoms with Gasteiger partial charge in [-0.1, -0.05) is 29.3 Å². The topological polar surface area (TPSA) is 79.7 Å². The summed E-state index contributed by atoms with van der Waals surface area (Å²) >= 11 is 12.0. The van der Waals surface area contributed by atoms with Crippen LogP contribution < -0.4 is 4.74 Å². The van der Waals surface area contributed by atoms with Gasteiger partial charge in [-0.3, -0.25) is 9.59 Å². The van der Waals surface area contributed by atoms with Crippen LogP contribution in [0.5, 0.6) is 11.6 Å². The van der Waals surface area contributed by atoms with Crippen LogP contribution >= 0.6 is 23.2 Å². The lowest BCUT2D eigenvalue weighted by molar-refractivity contribution is -0.143. The Morgan fingerprint density at radius 2 is 1.88 bits per heavy atom. The first-order chi connectivity index (χ1) is 12.5. The van der Waals surface area contributed by atoms with Crippen molar-refractivity contribution in [1.29, 1.82) is 0 Å². The normalized spacial score (nSPS) is 14.9. The van der Waals surface area contributed by atoms with E-state index in [1.54, 1.807) is 35.2 Å². The number of carbonyl (C=O) groups is 2. The molecular weight excluding hydrogens is 379 g/mol. The fourth-order valence-electron chi connectivity index (χ4n) is 2.75. The predicted molar refractivity (Wildman–Crippen MR) is 97.0 cm³/mol. The van der Waals surface area contributed by atoms with Crippen molar-refractivity contribution in [3.8, 4) is 11.6 Å². The molecule has 136 valence electrons. The van der Waals surface area contributed by atoms with Gasteiger partial charge in [0.05, 0.1) is 16.5 Å². The van der Waals surface area contributed by atoms with Gasteiger partial charge in [-0.15, -0.1) is 0 Å². The van der Waals surface area contributed by atoms with Crippen LogP contribution in [0.25, 0.3) is 0 Å². The highest BCUT2D eigenvalue weighted by atomic mass is 35.5. The average Bonchev–Trinajstić information content (AvgIpc) is 2.65. The number of benzene rings is 1. The van der Waals surface area contributed by atoms with Gasteiger partial charge in [-0.25, -0.2) is 4.98 Å². The zero-order valence-corrected chi connectivity index (χ0v) is 15.2. The van der Waals surface area contributed by atoms with Gasteiger partial charge in [0.15, 0.2) is 0 Å². The van der Waals surface area contributed by atoms with Crippen molar-refractivity contribution in [2.45, 2.75) is 12.8 Å². The summed E-state index contributed by atoms with van der Waals surface area (Å²) in [5.74, 6) is -0.694. The molecule has 6 nitrogen and oxygen atoms in total. The molecule has 1 aliphatic heterocycles. The number of carboxylic acids is 1. The lowest BCUT2D eigenvalue weighted by atomic mass is 9.97. The minimum atomic E-state index is -0.806. The molecule has 0 atom stereocenters. The Labute approximate surface area is 160 Å². The maximum absolute atomic E-state index is 12.5. The largest absolute Gasteiger partial charge is 0.481 e. The van der Waals surface area contributed by atoms with Crippen LogP contribution in [-0.4, -0.2) is 40.0 Å². The number of nitrogens with zero attached hydrogens (tertiary/aromatic N) is 2. The van der Waals surface area contributed by atoms with Crippen molar-refractivity contribution in [3.05, 3.63) is 52.1 Å². The number of halogens is 2. The van der Waals surface area contributed by atoms with Gasteiger partial charge < -0.3 is 14.7 Å². The van der Waals surface area contributed by atoms with Gasteiger partial charge in [-0.05, 0) is 31.0 Å². The average molecular weight is 395 g/mol. The number of ether oxygens (including phenoxy) is 1. The van der Waals surface area contributed by atoms with Crippen LogP contribution in [0, 0.1) is 5.92 Å². The summed E-state index contributed by atoms with van der Waals surface area (Å²) in [4.78, 5) is 29.3. The molecule has 2 heterocycles. The summed E-state index contributed by atoms with van der Waals surface area (Å²) in [6, 6.07) is 8.23. The van der Waals surface area contributed by atoms with E-state index in [1.165, 1.54) is 6.20 Å². The summed E-state index contributed by atoms with van der Waals surface area (Å²) < 4.78 is 5.59. The van der Waals surface area contributed by atoms with E-state index in [9.17, 15) is 9.59 Å². The molecule has 0 bridgehead atoms. The van der Waals surface area contributed by atoms with Gasteiger partial charge in [0.2, 0.25) is 5.88 Å². The third kappa shape index (κ3) is 4.08. The van der Waals surface area contributed by atoms with E-state index in [1.807, 2.05) is 0 Å². The van der Waals surface area contributed by atoms with Crippen LogP contribution in [-0.2, 0) is 4.79 Å². The number of aromatic nitrogens is 1. The Kier molecular flexibility index (Phi) is 5.64. The van der Waals surface area contributed by atoms with Crippen molar-refractivity contribution in [1.82, 2.24) is 9.88 Å². The quantitative estimate of drug-likeness (QED) is 0.843. The summed E-state index contributed by atoms with van der Waals surface area (Å²) in [5.41, 5.74) is 0.420. The molecule has 1 N–H and O–H groups in total. The van der Waals surface area contributed by atoms with Crippen molar-refractivity contribution >= 4 is 35.1 Å². The van der Waals surface area contributed by atoms with Crippen molar-refractivity contribution < 1.29 is 19.4 Å². The Morgan fingerprint density at radius 1 is 1.15 bits per heavy atom. The van der Waals surface area contributed by atoms with Crippen molar-refractivity contribution in [3.63, 3.8) is 0 Å². The fourth-order valence-corrected chi connectivity index (χ4v) is 3.09. The zero-order chi connectivity index (χ0) is 18.7. The highest BCUT2D eigenvalue weighted by Crippen LogP contribution is 2.34. The predicted octanol–water partition coefficient (Wildman–Crippen LogP) is 4.12. The minimum absolute atomic E-state index is 0.173. The summed E-state index contributed by atoms with van der Waals surface area (Å²) in [7, 11) is 0. The zero-order valence-electron chi connectivity index (χ0n) is 13.7. The van der Waals surface area contributed by atoms with Crippen LogP contribution in [0.4, 0.5) is 0 Å². The third-order valence-corrected chi connectivity index (χ3v) is 5.05. The first kappa shape index (κ1) is 18.5. The first-order valence-electron chi connectivity index (χ1n) is 8.05. The highest BCUT2D eigenvalue weighted by Gasteiger charge is 2.27. The number of likely N-dealkylation sites (tertiary alicyclic amines) is 1.